The first-order valence-corrected chi connectivity index (χ1v) is 8.04. The van der Waals surface area contributed by atoms with E-state index in [-0.39, 0.29) is 42.7 Å². The first-order chi connectivity index (χ1) is 11.0. The van der Waals surface area contributed by atoms with Gasteiger partial charge in [0.25, 0.3) is 0 Å². The summed E-state index contributed by atoms with van der Waals surface area (Å²) in [5, 5.41) is 4.39. The van der Waals surface area contributed by atoms with Crippen molar-refractivity contribution >= 4 is 30.7 Å². The number of nitrogens with zero attached hydrogens (tertiary/aromatic N) is 3. The second-order valence-electron chi connectivity index (χ2n) is 6.43. The third kappa shape index (κ3) is 4.35. The number of aromatic nitrogens is 2. The lowest BCUT2D eigenvalue weighted by atomic mass is 9.95. The number of rotatable bonds is 3. The van der Waals surface area contributed by atoms with Crippen LogP contribution in [0.4, 0.5) is 0 Å². The van der Waals surface area contributed by atoms with Gasteiger partial charge in [-0.3, -0.25) is 9.48 Å². The first-order valence-electron chi connectivity index (χ1n) is 8.04. The second kappa shape index (κ2) is 8.70. The Kier molecular flexibility index (Phi) is 7.47. The minimum atomic E-state index is -0.00237. The Morgan fingerprint density at radius 3 is 2.40 bits per heavy atom. The van der Waals surface area contributed by atoms with Crippen LogP contribution in [0.2, 0.25) is 0 Å². The molecule has 1 aliphatic heterocycles. The summed E-state index contributed by atoms with van der Waals surface area (Å²) in [6.45, 7) is 5.28. The normalized spacial score (nSPS) is 19.3. The first kappa shape index (κ1) is 21.5. The molecule has 0 radical (unpaired) electrons. The number of amides is 1. The minimum absolute atomic E-state index is 0. The largest absolute Gasteiger partial charge is 0.340 e. The van der Waals surface area contributed by atoms with Gasteiger partial charge in [0.05, 0.1) is 12.1 Å². The van der Waals surface area contributed by atoms with E-state index in [4.69, 9.17) is 5.73 Å². The molecule has 2 aromatic rings. The standard InChI is InChI=1S/C18H24N4O.2ClH/c1-12-15(13(2)21(3)20-12)9-18(23)22-10-16(17(19)11-22)14-7-5-4-6-8-14;;/h4-8,16-17H,9-11,19H2,1-3H3;2*1H/t16-,17+;;/m0../s1. The summed E-state index contributed by atoms with van der Waals surface area (Å²) in [7, 11) is 1.91. The molecule has 0 unspecified atom stereocenters. The summed E-state index contributed by atoms with van der Waals surface area (Å²) < 4.78 is 1.83. The number of nitrogens with two attached hydrogens (primary N) is 1. The predicted octanol–water partition coefficient (Wildman–Crippen LogP) is 2.38. The van der Waals surface area contributed by atoms with E-state index >= 15 is 0 Å². The quantitative estimate of drug-likeness (QED) is 0.883. The smallest absolute Gasteiger partial charge is 0.227 e. The van der Waals surface area contributed by atoms with Crippen LogP contribution in [-0.2, 0) is 18.3 Å². The van der Waals surface area contributed by atoms with E-state index in [9.17, 15) is 4.79 Å². The van der Waals surface area contributed by atoms with Gasteiger partial charge in [-0.05, 0) is 19.4 Å². The molecule has 1 fully saturated rings. The molecule has 2 heterocycles. The summed E-state index contributed by atoms with van der Waals surface area (Å²) in [6, 6.07) is 10.2. The van der Waals surface area contributed by atoms with Crippen LogP contribution in [0.5, 0.6) is 0 Å². The highest BCUT2D eigenvalue weighted by atomic mass is 35.5. The van der Waals surface area contributed by atoms with Crippen molar-refractivity contribution in [2.45, 2.75) is 32.2 Å². The molecule has 5 nitrogen and oxygen atoms in total. The summed E-state index contributed by atoms with van der Waals surface area (Å²) in [4.78, 5) is 14.6. The number of hydrogen-bond acceptors (Lipinski definition) is 3. The van der Waals surface area contributed by atoms with Crippen molar-refractivity contribution in [1.82, 2.24) is 14.7 Å². The molecule has 7 heteroatoms. The molecule has 25 heavy (non-hydrogen) atoms. The molecule has 1 aromatic heterocycles. The zero-order valence-corrected chi connectivity index (χ0v) is 16.4. The Labute approximate surface area is 161 Å². The Bertz CT molecular complexity index is 717. The number of aryl methyl sites for hydroxylation is 2. The van der Waals surface area contributed by atoms with E-state index in [1.807, 2.05) is 48.7 Å². The molecule has 1 saturated heterocycles. The fraction of sp³-hybridized carbons (Fsp3) is 0.444. The van der Waals surface area contributed by atoms with Crippen molar-refractivity contribution in [2.75, 3.05) is 13.1 Å². The van der Waals surface area contributed by atoms with Crippen molar-refractivity contribution in [3.8, 4) is 0 Å². The number of halogens is 2. The van der Waals surface area contributed by atoms with E-state index in [0.29, 0.717) is 19.5 Å². The zero-order valence-electron chi connectivity index (χ0n) is 14.8. The van der Waals surface area contributed by atoms with Gasteiger partial charge in [-0.15, -0.1) is 24.8 Å². The second-order valence-corrected chi connectivity index (χ2v) is 6.43. The van der Waals surface area contributed by atoms with Crippen LogP contribution in [-0.4, -0.2) is 39.7 Å². The fourth-order valence-corrected chi connectivity index (χ4v) is 3.42. The molecule has 1 amide bonds. The molecule has 0 aliphatic carbocycles. The molecule has 2 N–H and O–H groups in total. The highest BCUT2D eigenvalue weighted by Gasteiger charge is 2.34. The maximum absolute atomic E-state index is 12.7. The van der Waals surface area contributed by atoms with Crippen molar-refractivity contribution < 1.29 is 4.79 Å². The molecule has 2 atom stereocenters. The Hall–Kier alpha value is -1.56. The van der Waals surface area contributed by atoms with Gasteiger partial charge < -0.3 is 10.6 Å². The van der Waals surface area contributed by atoms with Crippen molar-refractivity contribution in [2.24, 2.45) is 12.8 Å². The van der Waals surface area contributed by atoms with Crippen LogP contribution in [0.25, 0.3) is 0 Å². The maximum Gasteiger partial charge on any atom is 0.227 e. The van der Waals surface area contributed by atoms with Crippen LogP contribution in [0.1, 0.15) is 28.4 Å². The fourth-order valence-electron chi connectivity index (χ4n) is 3.42. The summed E-state index contributed by atoms with van der Waals surface area (Å²) >= 11 is 0. The summed E-state index contributed by atoms with van der Waals surface area (Å²) in [5.41, 5.74) is 10.5. The van der Waals surface area contributed by atoms with Crippen LogP contribution in [0.15, 0.2) is 30.3 Å². The third-order valence-electron chi connectivity index (χ3n) is 4.93. The monoisotopic (exact) mass is 384 g/mol. The lowest BCUT2D eigenvalue weighted by Crippen LogP contribution is -2.33. The van der Waals surface area contributed by atoms with E-state index in [0.717, 1.165) is 17.0 Å². The maximum atomic E-state index is 12.7. The summed E-state index contributed by atoms with van der Waals surface area (Å²) in [5.74, 6) is 0.356. The lowest BCUT2D eigenvalue weighted by Gasteiger charge is -2.16. The molecule has 3 rings (SSSR count). The van der Waals surface area contributed by atoms with Gasteiger partial charge in [-0.1, -0.05) is 30.3 Å². The summed E-state index contributed by atoms with van der Waals surface area (Å²) in [6.07, 6.45) is 0.403. The van der Waals surface area contributed by atoms with Crippen LogP contribution in [0.3, 0.4) is 0 Å². The van der Waals surface area contributed by atoms with E-state index in [2.05, 4.69) is 17.2 Å². The van der Waals surface area contributed by atoms with Crippen LogP contribution >= 0.6 is 24.8 Å². The number of likely N-dealkylation sites (tertiary alicyclic amines) is 1. The molecule has 1 aliphatic rings. The van der Waals surface area contributed by atoms with Crippen LogP contribution in [0, 0.1) is 13.8 Å². The van der Waals surface area contributed by atoms with Crippen molar-refractivity contribution in [1.29, 1.82) is 0 Å². The predicted molar refractivity (Wildman–Crippen MR) is 105 cm³/mol. The third-order valence-corrected chi connectivity index (χ3v) is 4.93. The van der Waals surface area contributed by atoms with E-state index < -0.39 is 0 Å². The van der Waals surface area contributed by atoms with Gasteiger partial charge in [-0.2, -0.15) is 5.10 Å². The molecule has 0 spiro atoms. The molecule has 0 saturated carbocycles. The van der Waals surface area contributed by atoms with Crippen molar-refractivity contribution in [3.63, 3.8) is 0 Å². The SMILES string of the molecule is Cc1nn(C)c(C)c1CC(=O)N1C[C@@H](N)[C@H](c2ccccc2)C1.Cl.Cl. The molecule has 1 aromatic carbocycles. The van der Waals surface area contributed by atoms with Gasteiger partial charge in [0, 0.05) is 43.4 Å². The van der Waals surface area contributed by atoms with Crippen molar-refractivity contribution in [3.05, 3.63) is 52.8 Å². The zero-order chi connectivity index (χ0) is 16.6. The molecular weight excluding hydrogens is 359 g/mol. The Morgan fingerprint density at radius 1 is 1.20 bits per heavy atom. The number of hydrogen-bond donors (Lipinski definition) is 1. The molecular formula is C18H26Cl2N4O. The topological polar surface area (TPSA) is 64.2 Å². The number of benzene rings is 1. The highest BCUT2D eigenvalue weighted by molar-refractivity contribution is 5.85. The Balaban J connectivity index is 0.00000156. The minimum Gasteiger partial charge on any atom is -0.340 e. The van der Waals surface area contributed by atoms with E-state index in [1.54, 1.807) is 0 Å². The van der Waals surface area contributed by atoms with Gasteiger partial charge in [0.15, 0.2) is 0 Å². The van der Waals surface area contributed by atoms with Crippen LogP contribution < -0.4 is 5.73 Å². The average Bonchev–Trinajstić information content (AvgIpc) is 3.04. The number of carbonyl (C=O) groups excluding carboxylic acids is 1. The highest BCUT2D eigenvalue weighted by Crippen LogP contribution is 2.27. The van der Waals surface area contributed by atoms with Gasteiger partial charge in [0.1, 0.15) is 0 Å². The van der Waals surface area contributed by atoms with Gasteiger partial charge in [-0.25, -0.2) is 0 Å². The van der Waals surface area contributed by atoms with Gasteiger partial charge in [0.2, 0.25) is 5.91 Å². The Morgan fingerprint density at radius 2 is 1.84 bits per heavy atom. The average molecular weight is 385 g/mol. The van der Waals surface area contributed by atoms with Gasteiger partial charge >= 0.3 is 0 Å². The lowest BCUT2D eigenvalue weighted by molar-refractivity contribution is -0.129. The molecule has 138 valence electrons. The molecule has 0 bridgehead atoms. The van der Waals surface area contributed by atoms with E-state index in [1.165, 1.54) is 5.56 Å². The number of carbonyl (C=O) groups is 1.